The summed E-state index contributed by atoms with van der Waals surface area (Å²) in [4.78, 5) is 26.6. The maximum atomic E-state index is 13.0. The smallest absolute Gasteiger partial charge is 0.294 e. The molecule has 0 saturated heterocycles. The number of nitrogens with zero attached hydrogens (tertiary/aromatic N) is 1. The molecule has 0 aliphatic rings. The van der Waals surface area contributed by atoms with Crippen molar-refractivity contribution in [3.05, 3.63) is 89.6 Å². The highest BCUT2D eigenvalue weighted by molar-refractivity contribution is 6.07. The largest absolute Gasteiger partial charge is 0.459 e. The molecular formula is C22H21FN2O3. The Bertz CT molecular complexity index is 919. The third-order valence-electron chi connectivity index (χ3n) is 4.34. The number of furan rings is 1. The number of carbonyl (C=O) groups is 2. The number of carbonyl (C=O) groups excluding carboxylic acids is 2. The zero-order valence-electron chi connectivity index (χ0n) is 15.5. The second-order valence-electron chi connectivity index (χ2n) is 6.29. The molecule has 0 bridgehead atoms. The van der Waals surface area contributed by atoms with Crippen LogP contribution in [-0.4, -0.2) is 18.4 Å². The molecule has 3 rings (SSSR count). The van der Waals surface area contributed by atoms with Crippen LogP contribution in [0.5, 0.6) is 0 Å². The molecule has 28 heavy (non-hydrogen) atoms. The molecular weight excluding hydrogens is 359 g/mol. The van der Waals surface area contributed by atoms with Gasteiger partial charge in [-0.3, -0.25) is 14.5 Å². The first-order chi connectivity index (χ1) is 13.6. The minimum absolute atomic E-state index is 0.158. The van der Waals surface area contributed by atoms with Crippen LogP contribution >= 0.6 is 0 Å². The number of nitrogens with one attached hydrogen (secondary N) is 1. The van der Waals surface area contributed by atoms with Gasteiger partial charge in [0.1, 0.15) is 12.4 Å². The number of halogens is 1. The molecule has 2 aromatic carbocycles. The summed E-state index contributed by atoms with van der Waals surface area (Å²) in [7, 11) is 0. The molecule has 0 aliphatic heterocycles. The SMILES string of the molecule is CCc1ccc(N(CC(=O)NCc2ccc(F)cc2)C(=O)c2ccco2)cc1. The molecule has 2 amide bonds. The number of anilines is 1. The lowest BCUT2D eigenvalue weighted by Crippen LogP contribution is -2.40. The van der Waals surface area contributed by atoms with E-state index in [9.17, 15) is 14.0 Å². The Morgan fingerprint density at radius 2 is 1.68 bits per heavy atom. The standard InChI is InChI=1S/C22H21FN2O3/c1-2-16-7-11-19(12-8-16)25(22(27)20-4-3-13-28-20)15-21(26)24-14-17-5-9-18(23)10-6-17/h3-13H,2,14-15H2,1H3,(H,24,26). The van der Waals surface area contributed by atoms with Crippen LogP contribution in [0.4, 0.5) is 10.1 Å². The number of hydrogen-bond acceptors (Lipinski definition) is 3. The predicted octanol–water partition coefficient (Wildman–Crippen LogP) is 3.94. The van der Waals surface area contributed by atoms with E-state index < -0.39 is 5.91 Å². The summed E-state index contributed by atoms with van der Waals surface area (Å²) < 4.78 is 18.2. The summed E-state index contributed by atoms with van der Waals surface area (Å²) in [5.41, 5.74) is 2.51. The molecule has 6 heteroatoms. The average Bonchev–Trinajstić information content (AvgIpc) is 3.26. The normalized spacial score (nSPS) is 10.5. The molecule has 1 aromatic heterocycles. The molecule has 144 valence electrons. The molecule has 3 aromatic rings. The zero-order valence-corrected chi connectivity index (χ0v) is 15.5. The Balaban J connectivity index is 1.73. The van der Waals surface area contributed by atoms with Crippen LogP contribution in [-0.2, 0) is 17.8 Å². The predicted molar refractivity (Wildman–Crippen MR) is 104 cm³/mol. The van der Waals surface area contributed by atoms with Gasteiger partial charge in [0.25, 0.3) is 5.91 Å². The van der Waals surface area contributed by atoms with Gasteiger partial charge in [-0.05, 0) is 53.9 Å². The maximum absolute atomic E-state index is 13.0. The third kappa shape index (κ3) is 4.85. The number of hydrogen-bond donors (Lipinski definition) is 1. The summed E-state index contributed by atoms with van der Waals surface area (Å²) in [6.45, 7) is 2.13. The van der Waals surface area contributed by atoms with Crippen LogP contribution in [0.25, 0.3) is 0 Å². The highest BCUT2D eigenvalue weighted by Crippen LogP contribution is 2.19. The fourth-order valence-electron chi connectivity index (χ4n) is 2.73. The molecule has 1 N–H and O–H groups in total. The van der Waals surface area contributed by atoms with Gasteiger partial charge in [-0.1, -0.05) is 31.2 Å². The Labute approximate surface area is 162 Å². The molecule has 0 radical (unpaired) electrons. The Hall–Kier alpha value is -3.41. The molecule has 0 atom stereocenters. The van der Waals surface area contributed by atoms with Crippen molar-refractivity contribution in [1.29, 1.82) is 0 Å². The van der Waals surface area contributed by atoms with Crippen molar-refractivity contribution in [3.63, 3.8) is 0 Å². The lowest BCUT2D eigenvalue weighted by Gasteiger charge is -2.21. The first kappa shape index (κ1) is 19.4. The molecule has 0 saturated carbocycles. The van der Waals surface area contributed by atoms with Gasteiger partial charge in [0.05, 0.1) is 6.26 Å². The van der Waals surface area contributed by atoms with Gasteiger partial charge in [-0.25, -0.2) is 4.39 Å². The lowest BCUT2D eigenvalue weighted by atomic mass is 10.1. The van der Waals surface area contributed by atoms with Crippen LogP contribution in [0.15, 0.2) is 71.3 Å². The molecule has 0 spiro atoms. The van der Waals surface area contributed by atoms with E-state index in [0.29, 0.717) is 5.69 Å². The third-order valence-corrected chi connectivity index (χ3v) is 4.34. The minimum Gasteiger partial charge on any atom is -0.459 e. The van der Waals surface area contributed by atoms with Gasteiger partial charge in [0.15, 0.2) is 5.76 Å². The maximum Gasteiger partial charge on any atom is 0.294 e. The number of amides is 2. The monoisotopic (exact) mass is 380 g/mol. The van der Waals surface area contributed by atoms with E-state index in [-0.39, 0.29) is 30.6 Å². The number of benzene rings is 2. The van der Waals surface area contributed by atoms with Gasteiger partial charge in [-0.2, -0.15) is 0 Å². The Morgan fingerprint density at radius 1 is 1.00 bits per heavy atom. The van der Waals surface area contributed by atoms with Gasteiger partial charge < -0.3 is 9.73 Å². The topological polar surface area (TPSA) is 62.6 Å². The van der Waals surface area contributed by atoms with E-state index in [1.54, 1.807) is 24.3 Å². The summed E-state index contributed by atoms with van der Waals surface area (Å²) in [5, 5.41) is 2.76. The second-order valence-corrected chi connectivity index (χ2v) is 6.29. The van der Waals surface area contributed by atoms with Crippen molar-refractivity contribution in [3.8, 4) is 0 Å². The van der Waals surface area contributed by atoms with Crippen molar-refractivity contribution in [2.45, 2.75) is 19.9 Å². The molecule has 0 aliphatic carbocycles. The van der Waals surface area contributed by atoms with Gasteiger partial charge in [-0.15, -0.1) is 0 Å². The van der Waals surface area contributed by atoms with Crippen molar-refractivity contribution < 1.29 is 18.4 Å². The number of aryl methyl sites for hydroxylation is 1. The van der Waals surface area contributed by atoms with E-state index in [1.807, 2.05) is 31.2 Å². The first-order valence-corrected chi connectivity index (χ1v) is 9.02. The van der Waals surface area contributed by atoms with Crippen LogP contribution < -0.4 is 10.2 Å². The van der Waals surface area contributed by atoms with Gasteiger partial charge >= 0.3 is 0 Å². The van der Waals surface area contributed by atoms with E-state index in [2.05, 4.69) is 5.32 Å². The molecule has 5 nitrogen and oxygen atoms in total. The summed E-state index contributed by atoms with van der Waals surface area (Å²) in [5.74, 6) is -0.901. The van der Waals surface area contributed by atoms with Crippen LogP contribution in [0.1, 0.15) is 28.6 Å². The van der Waals surface area contributed by atoms with E-state index >= 15 is 0 Å². The van der Waals surface area contributed by atoms with Crippen molar-refractivity contribution in [1.82, 2.24) is 5.32 Å². The quantitative estimate of drug-likeness (QED) is 0.675. The fraction of sp³-hybridized carbons (Fsp3) is 0.182. The second kappa shape index (κ2) is 8.99. The van der Waals surface area contributed by atoms with Crippen molar-refractivity contribution >= 4 is 17.5 Å². The number of rotatable bonds is 7. The highest BCUT2D eigenvalue weighted by Gasteiger charge is 2.22. The highest BCUT2D eigenvalue weighted by atomic mass is 19.1. The lowest BCUT2D eigenvalue weighted by molar-refractivity contribution is -0.119. The van der Waals surface area contributed by atoms with E-state index in [1.165, 1.54) is 23.3 Å². The Kier molecular flexibility index (Phi) is 6.22. The van der Waals surface area contributed by atoms with Crippen molar-refractivity contribution in [2.24, 2.45) is 0 Å². The van der Waals surface area contributed by atoms with E-state index in [4.69, 9.17) is 4.42 Å². The van der Waals surface area contributed by atoms with Gasteiger partial charge in [0.2, 0.25) is 5.91 Å². The molecule has 1 heterocycles. The van der Waals surface area contributed by atoms with Crippen LogP contribution in [0.2, 0.25) is 0 Å². The zero-order chi connectivity index (χ0) is 19.9. The van der Waals surface area contributed by atoms with E-state index in [0.717, 1.165) is 17.5 Å². The molecule has 0 unspecified atom stereocenters. The van der Waals surface area contributed by atoms with Crippen molar-refractivity contribution in [2.75, 3.05) is 11.4 Å². The summed E-state index contributed by atoms with van der Waals surface area (Å²) in [6.07, 6.45) is 2.30. The summed E-state index contributed by atoms with van der Waals surface area (Å²) in [6, 6.07) is 16.5. The van der Waals surface area contributed by atoms with Crippen LogP contribution in [0.3, 0.4) is 0 Å². The first-order valence-electron chi connectivity index (χ1n) is 9.02. The summed E-state index contributed by atoms with van der Waals surface area (Å²) >= 11 is 0. The fourth-order valence-corrected chi connectivity index (χ4v) is 2.73. The Morgan fingerprint density at radius 3 is 2.29 bits per heavy atom. The minimum atomic E-state index is -0.397. The van der Waals surface area contributed by atoms with Crippen LogP contribution in [0, 0.1) is 5.82 Å². The van der Waals surface area contributed by atoms with Gasteiger partial charge in [0, 0.05) is 12.2 Å². The average molecular weight is 380 g/mol. The molecule has 0 fully saturated rings.